The number of aliphatic hydroxyl groups excluding tert-OH is 1. The van der Waals surface area contributed by atoms with Gasteiger partial charge in [-0.25, -0.2) is 4.98 Å². The van der Waals surface area contributed by atoms with Crippen LogP contribution in [0.15, 0.2) is 18.2 Å². The molecule has 1 atom stereocenters. The van der Waals surface area contributed by atoms with Crippen LogP contribution in [0.1, 0.15) is 35.8 Å². The van der Waals surface area contributed by atoms with Crippen LogP contribution in [0.5, 0.6) is 0 Å². The first-order valence-corrected chi connectivity index (χ1v) is 6.31. The third-order valence-electron chi connectivity index (χ3n) is 3.59. The van der Waals surface area contributed by atoms with Crippen molar-refractivity contribution in [2.24, 2.45) is 0 Å². The summed E-state index contributed by atoms with van der Waals surface area (Å²) in [6.07, 6.45) is 2.45. The van der Waals surface area contributed by atoms with Gasteiger partial charge < -0.3 is 5.11 Å². The molecule has 1 aliphatic carbocycles. The molecule has 1 aliphatic rings. The van der Waals surface area contributed by atoms with Gasteiger partial charge in [-0.1, -0.05) is 11.6 Å². The average molecular weight is 248 g/mol. The molecule has 0 spiro atoms. The number of benzene rings is 1. The van der Waals surface area contributed by atoms with Crippen molar-refractivity contribution in [3.05, 3.63) is 40.0 Å². The average Bonchev–Trinajstić information content (AvgIpc) is 2.32. The lowest BCUT2D eigenvalue weighted by Gasteiger charge is -2.23. The van der Waals surface area contributed by atoms with Crippen LogP contribution in [0.25, 0.3) is 10.9 Å². The lowest BCUT2D eigenvalue weighted by atomic mass is 9.89. The molecule has 88 valence electrons. The first kappa shape index (κ1) is 11.0. The van der Waals surface area contributed by atoms with Gasteiger partial charge in [0.05, 0.1) is 17.3 Å². The Labute approximate surface area is 105 Å². The number of fused-ring (bicyclic) bond motifs is 2. The molecule has 0 bridgehead atoms. The topological polar surface area (TPSA) is 33.1 Å². The van der Waals surface area contributed by atoms with Gasteiger partial charge in [0, 0.05) is 10.4 Å². The third-order valence-corrected chi connectivity index (χ3v) is 3.82. The minimum absolute atomic E-state index is 0.405. The Hall–Kier alpha value is -1.12. The molecule has 0 amide bonds. The number of hydrogen-bond donors (Lipinski definition) is 1. The minimum Gasteiger partial charge on any atom is -0.387 e. The van der Waals surface area contributed by atoms with Crippen LogP contribution in [-0.2, 0) is 6.42 Å². The van der Waals surface area contributed by atoms with Gasteiger partial charge in [-0.3, -0.25) is 0 Å². The Morgan fingerprint density at radius 2 is 2.24 bits per heavy atom. The van der Waals surface area contributed by atoms with Crippen molar-refractivity contribution < 1.29 is 5.11 Å². The summed E-state index contributed by atoms with van der Waals surface area (Å²) in [7, 11) is 0. The molecule has 3 heteroatoms. The van der Waals surface area contributed by atoms with Crippen LogP contribution in [0.2, 0.25) is 5.02 Å². The lowest BCUT2D eigenvalue weighted by Crippen LogP contribution is -2.13. The summed E-state index contributed by atoms with van der Waals surface area (Å²) in [5.74, 6) is 0. The lowest BCUT2D eigenvalue weighted by molar-refractivity contribution is 0.152. The number of nitrogens with zero attached hydrogens (tertiary/aromatic N) is 1. The molecule has 2 nitrogen and oxygen atoms in total. The molecule has 1 N–H and O–H groups in total. The Morgan fingerprint density at radius 3 is 3.06 bits per heavy atom. The van der Waals surface area contributed by atoms with E-state index >= 15 is 0 Å². The predicted molar refractivity (Wildman–Crippen MR) is 69.4 cm³/mol. The highest BCUT2D eigenvalue weighted by Gasteiger charge is 2.22. The smallest absolute Gasteiger partial charge is 0.0963 e. The van der Waals surface area contributed by atoms with Crippen molar-refractivity contribution in [2.75, 3.05) is 0 Å². The normalized spacial score (nSPS) is 19.4. The van der Waals surface area contributed by atoms with E-state index in [1.54, 1.807) is 0 Å². The summed E-state index contributed by atoms with van der Waals surface area (Å²) in [4.78, 5) is 4.59. The third kappa shape index (κ3) is 1.72. The second-order valence-electron chi connectivity index (χ2n) is 4.67. The van der Waals surface area contributed by atoms with E-state index in [2.05, 4.69) is 11.9 Å². The fourth-order valence-electron chi connectivity index (χ4n) is 2.66. The SMILES string of the molecule is Cc1c2c(nc3ccc(Cl)cc13)C(O)CCC2. The van der Waals surface area contributed by atoms with E-state index in [1.807, 2.05) is 18.2 Å². The maximum Gasteiger partial charge on any atom is 0.0963 e. The number of halogens is 1. The Kier molecular flexibility index (Phi) is 2.57. The van der Waals surface area contributed by atoms with Gasteiger partial charge >= 0.3 is 0 Å². The molecule has 1 aromatic heterocycles. The monoisotopic (exact) mass is 247 g/mol. The standard InChI is InChI=1S/C14H14ClNO/c1-8-10-3-2-4-13(17)14(10)16-12-6-5-9(15)7-11(8)12/h5-7,13,17H,2-4H2,1H3. The Bertz CT molecular complexity index is 594. The molecule has 17 heavy (non-hydrogen) atoms. The van der Waals surface area contributed by atoms with E-state index in [1.165, 1.54) is 11.1 Å². The summed E-state index contributed by atoms with van der Waals surface area (Å²) >= 11 is 6.03. The van der Waals surface area contributed by atoms with Crippen LogP contribution in [-0.4, -0.2) is 10.1 Å². The van der Waals surface area contributed by atoms with Crippen molar-refractivity contribution in [1.29, 1.82) is 0 Å². The predicted octanol–water partition coefficient (Wildman–Crippen LogP) is 3.57. The molecule has 1 heterocycles. The highest BCUT2D eigenvalue weighted by atomic mass is 35.5. The van der Waals surface area contributed by atoms with Crippen molar-refractivity contribution >= 4 is 22.5 Å². The van der Waals surface area contributed by atoms with Crippen molar-refractivity contribution in [3.63, 3.8) is 0 Å². The number of hydrogen-bond acceptors (Lipinski definition) is 2. The van der Waals surface area contributed by atoms with E-state index < -0.39 is 6.10 Å². The largest absolute Gasteiger partial charge is 0.387 e. The zero-order chi connectivity index (χ0) is 12.0. The van der Waals surface area contributed by atoms with Gasteiger partial charge in [0.1, 0.15) is 0 Å². The number of pyridine rings is 1. The molecular formula is C14H14ClNO. The zero-order valence-corrected chi connectivity index (χ0v) is 10.5. The van der Waals surface area contributed by atoms with E-state index in [0.717, 1.165) is 40.9 Å². The van der Waals surface area contributed by atoms with Crippen LogP contribution in [0.3, 0.4) is 0 Å². The zero-order valence-electron chi connectivity index (χ0n) is 9.70. The van der Waals surface area contributed by atoms with Gasteiger partial charge in [-0.2, -0.15) is 0 Å². The molecule has 1 unspecified atom stereocenters. The number of aryl methyl sites for hydroxylation is 1. The summed E-state index contributed by atoms with van der Waals surface area (Å²) in [6, 6.07) is 5.73. The van der Waals surface area contributed by atoms with E-state index in [4.69, 9.17) is 11.6 Å². The van der Waals surface area contributed by atoms with Crippen molar-refractivity contribution in [1.82, 2.24) is 4.98 Å². The van der Waals surface area contributed by atoms with Crippen LogP contribution >= 0.6 is 11.6 Å². The van der Waals surface area contributed by atoms with E-state index in [0.29, 0.717) is 0 Å². The van der Waals surface area contributed by atoms with Gasteiger partial charge in [-0.15, -0.1) is 0 Å². The number of aromatic nitrogens is 1. The first-order valence-electron chi connectivity index (χ1n) is 5.93. The van der Waals surface area contributed by atoms with Gasteiger partial charge in [-0.05, 0) is 55.5 Å². The van der Waals surface area contributed by atoms with Gasteiger partial charge in [0.25, 0.3) is 0 Å². The van der Waals surface area contributed by atoms with Crippen LogP contribution < -0.4 is 0 Å². The molecule has 2 aromatic rings. The minimum atomic E-state index is -0.405. The summed E-state index contributed by atoms with van der Waals surface area (Å²) in [6.45, 7) is 2.09. The summed E-state index contributed by atoms with van der Waals surface area (Å²) < 4.78 is 0. The molecule has 3 rings (SSSR count). The van der Waals surface area contributed by atoms with E-state index in [-0.39, 0.29) is 0 Å². The highest BCUT2D eigenvalue weighted by molar-refractivity contribution is 6.31. The quantitative estimate of drug-likeness (QED) is 0.772. The fourth-order valence-corrected chi connectivity index (χ4v) is 2.83. The van der Waals surface area contributed by atoms with Gasteiger partial charge in [0.15, 0.2) is 0 Å². The first-order chi connectivity index (χ1) is 8.16. The fraction of sp³-hybridized carbons (Fsp3) is 0.357. The molecule has 0 fully saturated rings. The highest BCUT2D eigenvalue weighted by Crippen LogP contribution is 2.34. The number of aliphatic hydroxyl groups is 1. The van der Waals surface area contributed by atoms with Gasteiger partial charge in [0.2, 0.25) is 0 Å². The maximum absolute atomic E-state index is 10.0. The van der Waals surface area contributed by atoms with Crippen LogP contribution in [0.4, 0.5) is 0 Å². The second-order valence-corrected chi connectivity index (χ2v) is 5.11. The maximum atomic E-state index is 10.0. The molecule has 0 saturated heterocycles. The second kappa shape index (κ2) is 3.97. The Morgan fingerprint density at radius 1 is 1.41 bits per heavy atom. The number of rotatable bonds is 0. The summed E-state index contributed by atoms with van der Waals surface area (Å²) in [5, 5.41) is 11.8. The molecule has 0 radical (unpaired) electrons. The molecular weight excluding hydrogens is 234 g/mol. The van der Waals surface area contributed by atoms with Crippen LogP contribution in [0, 0.1) is 6.92 Å². The Balaban J connectivity index is 2.35. The van der Waals surface area contributed by atoms with Crippen molar-refractivity contribution in [2.45, 2.75) is 32.3 Å². The molecule has 0 aliphatic heterocycles. The summed E-state index contributed by atoms with van der Waals surface area (Å²) in [5.41, 5.74) is 4.21. The van der Waals surface area contributed by atoms with Crippen molar-refractivity contribution in [3.8, 4) is 0 Å². The molecule has 1 aromatic carbocycles. The molecule has 0 saturated carbocycles. The van der Waals surface area contributed by atoms with E-state index in [9.17, 15) is 5.11 Å².